The Labute approximate surface area is 159 Å². The van der Waals surface area contributed by atoms with E-state index < -0.39 is 10.0 Å². The van der Waals surface area contributed by atoms with Crippen LogP contribution < -0.4 is 10.2 Å². The maximum Gasteiger partial charge on any atom is 0.243 e. The highest BCUT2D eigenvalue weighted by Gasteiger charge is 2.29. The molecular formula is C20H23N3O3S. The number of carbonyl (C=O) groups excluding carboxylic acids is 1. The van der Waals surface area contributed by atoms with E-state index in [2.05, 4.69) is 10.2 Å². The minimum atomic E-state index is -3.49. The van der Waals surface area contributed by atoms with Crippen molar-refractivity contribution in [2.24, 2.45) is 0 Å². The highest BCUT2D eigenvalue weighted by Crippen LogP contribution is 2.26. The van der Waals surface area contributed by atoms with Gasteiger partial charge >= 0.3 is 0 Å². The van der Waals surface area contributed by atoms with Crippen molar-refractivity contribution in [1.82, 2.24) is 9.62 Å². The van der Waals surface area contributed by atoms with Crippen molar-refractivity contribution < 1.29 is 13.2 Å². The maximum absolute atomic E-state index is 13.0. The summed E-state index contributed by atoms with van der Waals surface area (Å²) >= 11 is 0. The van der Waals surface area contributed by atoms with Crippen molar-refractivity contribution in [3.63, 3.8) is 0 Å². The van der Waals surface area contributed by atoms with Crippen LogP contribution in [0.2, 0.25) is 0 Å². The first-order valence-corrected chi connectivity index (χ1v) is 10.6. The molecule has 0 aromatic heterocycles. The Balaban J connectivity index is 1.43. The summed E-state index contributed by atoms with van der Waals surface area (Å²) in [6.45, 7) is 2.92. The number of anilines is 1. The molecule has 1 N–H and O–H groups in total. The van der Waals surface area contributed by atoms with Gasteiger partial charge in [0.1, 0.15) is 0 Å². The number of sulfonamides is 1. The van der Waals surface area contributed by atoms with E-state index in [0.29, 0.717) is 44.0 Å². The molecule has 6 nitrogen and oxygen atoms in total. The number of carbonyl (C=O) groups is 1. The normalized spacial score (nSPS) is 21.3. The molecule has 0 aliphatic carbocycles. The van der Waals surface area contributed by atoms with Crippen molar-refractivity contribution >= 4 is 21.6 Å². The molecule has 1 atom stereocenters. The van der Waals surface area contributed by atoms with Crippen LogP contribution in [0.5, 0.6) is 0 Å². The second kappa shape index (κ2) is 7.32. The first-order chi connectivity index (χ1) is 13.0. The average Bonchev–Trinajstić information content (AvgIpc) is 3.15. The quantitative estimate of drug-likeness (QED) is 0.871. The smallest absolute Gasteiger partial charge is 0.243 e. The van der Waals surface area contributed by atoms with Crippen molar-refractivity contribution in [1.29, 1.82) is 0 Å². The summed E-state index contributed by atoms with van der Waals surface area (Å²) in [7, 11) is -3.49. The predicted molar refractivity (Wildman–Crippen MR) is 104 cm³/mol. The summed E-state index contributed by atoms with van der Waals surface area (Å²) in [5.74, 6) is 0.177. The molecule has 0 bridgehead atoms. The Bertz CT molecular complexity index is 905. The van der Waals surface area contributed by atoms with Crippen molar-refractivity contribution in [3.05, 3.63) is 60.2 Å². The van der Waals surface area contributed by atoms with E-state index in [9.17, 15) is 13.2 Å². The molecule has 0 spiro atoms. The number of rotatable bonds is 4. The standard InChI is InChI=1S/C20H23N3O3S/c24-20-14-17(15-21-20)16-6-8-19(9-7-16)27(25,26)23-12-10-22(11-13-23)18-4-2-1-3-5-18/h1-9,17H,10-15H2,(H,21,24)/t17-/m0/s1. The second-order valence-electron chi connectivity index (χ2n) is 7.00. The highest BCUT2D eigenvalue weighted by atomic mass is 32.2. The Morgan fingerprint density at radius 2 is 1.56 bits per heavy atom. The van der Waals surface area contributed by atoms with E-state index in [1.165, 1.54) is 0 Å². The fourth-order valence-electron chi connectivity index (χ4n) is 3.73. The highest BCUT2D eigenvalue weighted by molar-refractivity contribution is 7.89. The molecule has 27 heavy (non-hydrogen) atoms. The number of para-hydroxylation sites is 1. The number of hydrogen-bond acceptors (Lipinski definition) is 4. The molecule has 2 aliphatic rings. The number of nitrogens with zero attached hydrogens (tertiary/aromatic N) is 2. The van der Waals surface area contributed by atoms with Crippen LogP contribution in [0.4, 0.5) is 5.69 Å². The number of amides is 1. The van der Waals surface area contributed by atoms with Gasteiger partial charge in [-0.05, 0) is 29.8 Å². The van der Waals surface area contributed by atoms with Gasteiger partial charge in [0.25, 0.3) is 0 Å². The molecule has 4 rings (SSSR count). The Hall–Kier alpha value is -2.38. The lowest BCUT2D eigenvalue weighted by Gasteiger charge is -2.35. The number of piperazine rings is 1. The van der Waals surface area contributed by atoms with Gasteiger partial charge in [0, 0.05) is 50.7 Å². The third-order valence-corrected chi connectivity index (χ3v) is 7.24. The Morgan fingerprint density at radius 3 is 2.15 bits per heavy atom. The molecule has 2 saturated heterocycles. The molecule has 0 unspecified atom stereocenters. The summed E-state index contributed by atoms with van der Waals surface area (Å²) in [5.41, 5.74) is 2.12. The molecule has 7 heteroatoms. The van der Waals surface area contributed by atoms with Crippen LogP contribution in [-0.2, 0) is 14.8 Å². The zero-order valence-electron chi connectivity index (χ0n) is 15.0. The topological polar surface area (TPSA) is 69.7 Å². The van der Waals surface area contributed by atoms with Crippen molar-refractivity contribution in [3.8, 4) is 0 Å². The molecule has 2 aliphatic heterocycles. The van der Waals surface area contributed by atoms with Crippen LogP contribution in [0.3, 0.4) is 0 Å². The minimum Gasteiger partial charge on any atom is -0.369 e. The molecule has 0 saturated carbocycles. The zero-order valence-corrected chi connectivity index (χ0v) is 15.9. The third kappa shape index (κ3) is 3.70. The molecule has 142 valence electrons. The molecular weight excluding hydrogens is 362 g/mol. The number of benzene rings is 2. The third-order valence-electron chi connectivity index (χ3n) is 5.33. The van der Waals surface area contributed by atoms with E-state index in [1.807, 2.05) is 42.5 Å². The van der Waals surface area contributed by atoms with Gasteiger partial charge in [-0.25, -0.2) is 8.42 Å². The van der Waals surface area contributed by atoms with Crippen LogP contribution in [0.1, 0.15) is 17.9 Å². The molecule has 2 heterocycles. The largest absolute Gasteiger partial charge is 0.369 e. The summed E-state index contributed by atoms with van der Waals surface area (Å²) in [4.78, 5) is 13.9. The average molecular weight is 385 g/mol. The number of hydrogen-bond donors (Lipinski definition) is 1. The summed E-state index contributed by atoms with van der Waals surface area (Å²) in [6.07, 6.45) is 0.466. The van der Waals surface area contributed by atoms with Crippen LogP contribution in [0, 0.1) is 0 Å². The first kappa shape index (κ1) is 18.0. The summed E-state index contributed by atoms with van der Waals surface area (Å²) < 4.78 is 27.5. The minimum absolute atomic E-state index is 0.0491. The SMILES string of the molecule is O=C1C[C@H](c2ccc(S(=O)(=O)N3CCN(c4ccccc4)CC3)cc2)CN1. The van der Waals surface area contributed by atoms with Crippen LogP contribution in [0.25, 0.3) is 0 Å². The second-order valence-corrected chi connectivity index (χ2v) is 8.94. The van der Waals surface area contributed by atoms with Crippen LogP contribution in [-0.4, -0.2) is 51.4 Å². The van der Waals surface area contributed by atoms with E-state index >= 15 is 0 Å². The van der Waals surface area contributed by atoms with Gasteiger partial charge in [-0.3, -0.25) is 4.79 Å². The number of nitrogens with one attached hydrogen (secondary N) is 1. The van der Waals surface area contributed by atoms with Gasteiger partial charge in [-0.1, -0.05) is 30.3 Å². The predicted octanol–water partition coefficient (Wildman–Crippen LogP) is 1.80. The fraction of sp³-hybridized carbons (Fsp3) is 0.350. The van der Waals surface area contributed by atoms with Gasteiger partial charge in [0.2, 0.25) is 15.9 Å². The van der Waals surface area contributed by atoms with E-state index in [-0.39, 0.29) is 11.8 Å². The van der Waals surface area contributed by atoms with Gasteiger partial charge in [-0.2, -0.15) is 4.31 Å². The first-order valence-electron chi connectivity index (χ1n) is 9.21. The summed E-state index contributed by atoms with van der Waals surface area (Å²) in [6, 6.07) is 17.0. The molecule has 2 aromatic rings. The fourth-order valence-corrected chi connectivity index (χ4v) is 5.15. The van der Waals surface area contributed by atoms with Crippen LogP contribution >= 0.6 is 0 Å². The van der Waals surface area contributed by atoms with Crippen molar-refractivity contribution in [2.45, 2.75) is 17.2 Å². The lowest BCUT2D eigenvalue weighted by Crippen LogP contribution is -2.48. The van der Waals surface area contributed by atoms with Gasteiger partial charge in [-0.15, -0.1) is 0 Å². The lowest BCUT2D eigenvalue weighted by molar-refractivity contribution is -0.119. The van der Waals surface area contributed by atoms with Gasteiger partial charge in [0.15, 0.2) is 0 Å². The van der Waals surface area contributed by atoms with E-state index in [1.54, 1.807) is 16.4 Å². The zero-order chi connectivity index (χ0) is 18.9. The maximum atomic E-state index is 13.0. The lowest BCUT2D eigenvalue weighted by atomic mass is 9.99. The molecule has 2 fully saturated rings. The van der Waals surface area contributed by atoms with Crippen molar-refractivity contribution in [2.75, 3.05) is 37.6 Å². The van der Waals surface area contributed by atoms with Gasteiger partial charge in [0.05, 0.1) is 4.90 Å². The molecule has 1 amide bonds. The molecule has 0 radical (unpaired) electrons. The van der Waals surface area contributed by atoms with Crippen LogP contribution in [0.15, 0.2) is 59.5 Å². The molecule has 2 aromatic carbocycles. The summed E-state index contributed by atoms with van der Waals surface area (Å²) in [5, 5.41) is 2.81. The Morgan fingerprint density at radius 1 is 0.889 bits per heavy atom. The van der Waals surface area contributed by atoms with Gasteiger partial charge < -0.3 is 10.2 Å². The van der Waals surface area contributed by atoms with E-state index in [0.717, 1.165) is 11.3 Å². The Kier molecular flexibility index (Phi) is 4.88. The monoisotopic (exact) mass is 385 g/mol. The van der Waals surface area contributed by atoms with E-state index in [4.69, 9.17) is 0 Å².